The molecule has 0 amide bonds. The third kappa shape index (κ3) is 2.35. The summed E-state index contributed by atoms with van der Waals surface area (Å²) in [7, 11) is 1.49. The van der Waals surface area contributed by atoms with Crippen LogP contribution >= 0.6 is 0 Å². The van der Waals surface area contributed by atoms with Gasteiger partial charge in [-0.2, -0.15) is 0 Å². The average molecular weight is 253 g/mol. The van der Waals surface area contributed by atoms with Crippen molar-refractivity contribution < 1.29 is 14.2 Å². The lowest BCUT2D eigenvalue weighted by Gasteiger charge is -2.37. The standard InChI is InChI=1S/C14H20FNO2/c1-14(17,12-8-3-4-9-16-12)13-10(15)6-5-7-11(13)18-2/h5-7,12,16-17H,3-4,8-9H2,1-2H3. The fourth-order valence-electron chi connectivity index (χ4n) is 2.67. The third-order valence-electron chi connectivity index (χ3n) is 3.69. The van der Waals surface area contributed by atoms with Crippen molar-refractivity contribution in [3.05, 3.63) is 29.6 Å². The summed E-state index contributed by atoms with van der Waals surface area (Å²) in [6.45, 7) is 2.51. The Balaban J connectivity index is 2.39. The van der Waals surface area contributed by atoms with E-state index in [1.165, 1.54) is 13.2 Å². The molecule has 2 N–H and O–H groups in total. The molecular formula is C14H20FNO2. The molecule has 0 bridgehead atoms. The topological polar surface area (TPSA) is 41.5 Å². The minimum atomic E-state index is -1.27. The van der Waals surface area contributed by atoms with Crippen LogP contribution in [0.4, 0.5) is 4.39 Å². The normalized spacial score (nSPS) is 23.4. The largest absolute Gasteiger partial charge is 0.496 e. The highest BCUT2D eigenvalue weighted by molar-refractivity contribution is 5.40. The summed E-state index contributed by atoms with van der Waals surface area (Å²) in [6.07, 6.45) is 2.98. The first-order valence-electron chi connectivity index (χ1n) is 6.36. The van der Waals surface area contributed by atoms with Crippen LogP contribution in [0, 0.1) is 5.82 Å². The maximum atomic E-state index is 14.0. The van der Waals surface area contributed by atoms with Crippen molar-refractivity contribution in [2.45, 2.75) is 37.8 Å². The molecule has 2 unspecified atom stereocenters. The Labute approximate surface area is 107 Å². The summed E-state index contributed by atoms with van der Waals surface area (Å²) in [4.78, 5) is 0. The highest BCUT2D eigenvalue weighted by atomic mass is 19.1. The number of ether oxygens (including phenoxy) is 1. The number of piperidine rings is 1. The molecule has 0 saturated carbocycles. The molecule has 1 aliphatic heterocycles. The van der Waals surface area contributed by atoms with Crippen LogP contribution < -0.4 is 10.1 Å². The van der Waals surface area contributed by atoms with Gasteiger partial charge in [-0.25, -0.2) is 4.39 Å². The zero-order valence-corrected chi connectivity index (χ0v) is 10.9. The van der Waals surface area contributed by atoms with Crippen molar-refractivity contribution in [3.63, 3.8) is 0 Å². The van der Waals surface area contributed by atoms with E-state index in [9.17, 15) is 9.50 Å². The van der Waals surface area contributed by atoms with Gasteiger partial charge < -0.3 is 15.2 Å². The zero-order chi connectivity index (χ0) is 13.2. The maximum absolute atomic E-state index is 14.0. The molecule has 1 aromatic carbocycles. The number of nitrogens with one attached hydrogen (secondary N) is 1. The summed E-state index contributed by atoms with van der Waals surface area (Å²) in [6, 6.07) is 4.48. The second-order valence-corrected chi connectivity index (χ2v) is 4.97. The highest BCUT2D eigenvalue weighted by Crippen LogP contribution is 2.36. The average Bonchev–Trinajstić information content (AvgIpc) is 2.39. The van der Waals surface area contributed by atoms with E-state index in [0.29, 0.717) is 5.75 Å². The van der Waals surface area contributed by atoms with Gasteiger partial charge in [-0.05, 0) is 38.4 Å². The predicted molar refractivity (Wildman–Crippen MR) is 68.2 cm³/mol. The van der Waals surface area contributed by atoms with E-state index in [2.05, 4.69) is 5.32 Å². The molecule has 100 valence electrons. The first kappa shape index (κ1) is 13.3. The number of methoxy groups -OCH3 is 1. The van der Waals surface area contributed by atoms with Crippen LogP contribution in [-0.2, 0) is 5.60 Å². The SMILES string of the molecule is COc1cccc(F)c1C(C)(O)C1CCCCN1. The highest BCUT2D eigenvalue weighted by Gasteiger charge is 2.38. The molecule has 0 aliphatic carbocycles. The quantitative estimate of drug-likeness (QED) is 0.867. The van der Waals surface area contributed by atoms with E-state index in [-0.39, 0.29) is 11.6 Å². The molecule has 1 aliphatic rings. The Morgan fingerprint density at radius 1 is 1.44 bits per heavy atom. The molecular weight excluding hydrogens is 233 g/mol. The van der Waals surface area contributed by atoms with Gasteiger partial charge in [0.25, 0.3) is 0 Å². The molecule has 4 heteroatoms. The van der Waals surface area contributed by atoms with Crippen LogP contribution in [-0.4, -0.2) is 24.8 Å². The lowest BCUT2D eigenvalue weighted by Crippen LogP contribution is -2.49. The zero-order valence-electron chi connectivity index (χ0n) is 10.9. The van der Waals surface area contributed by atoms with Crippen molar-refractivity contribution in [1.29, 1.82) is 0 Å². The van der Waals surface area contributed by atoms with Gasteiger partial charge in [0.2, 0.25) is 0 Å². The number of halogens is 1. The van der Waals surface area contributed by atoms with Crippen LogP contribution in [0.1, 0.15) is 31.7 Å². The van der Waals surface area contributed by atoms with Crippen molar-refractivity contribution in [2.75, 3.05) is 13.7 Å². The van der Waals surface area contributed by atoms with Gasteiger partial charge in [-0.15, -0.1) is 0 Å². The molecule has 2 rings (SSSR count). The van der Waals surface area contributed by atoms with Crippen LogP contribution in [0.15, 0.2) is 18.2 Å². The fourth-order valence-corrected chi connectivity index (χ4v) is 2.67. The van der Waals surface area contributed by atoms with E-state index in [0.717, 1.165) is 25.8 Å². The minimum absolute atomic E-state index is 0.142. The second-order valence-electron chi connectivity index (χ2n) is 4.97. The van der Waals surface area contributed by atoms with E-state index in [1.54, 1.807) is 19.1 Å². The molecule has 2 atom stereocenters. The Hall–Kier alpha value is -1.13. The van der Waals surface area contributed by atoms with Gasteiger partial charge in [-0.3, -0.25) is 0 Å². The van der Waals surface area contributed by atoms with Gasteiger partial charge in [0.05, 0.1) is 12.7 Å². The minimum Gasteiger partial charge on any atom is -0.496 e. The monoisotopic (exact) mass is 253 g/mol. The van der Waals surface area contributed by atoms with E-state index in [4.69, 9.17) is 4.74 Å². The van der Waals surface area contributed by atoms with Crippen molar-refractivity contribution in [1.82, 2.24) is 5.32 Å². The predicted octanol–water partition coefficient (Wildman–Crippen LogP) is 2.18. The van der Waals surface area contributed by atoms with Gasteiger partial charge in [-0.1, -0.05) is 12.5 Å². The van der Waals surface area contributed by atoms with Crippen molar-refractivity contribution in [2.24, 2.45) is 0 Å². The summed E-state index contributed by atoms with van der Waals surface area (Å²) >= 11 is 0. The summed E-state index contributed by atoms with van der Waals surface area (Å²) < 4.78 is 19.2. The smallest absolute Gasteiger partial charge is 0.133 e. The third-order valence-corrected chi connectivity index (χ3v) is 3.69. The number of hydrogen-bond donors (Lipinski definition) is 2. The van der Waals surface area contributed by atoms with Crippen LogP contribution in [0.3, 0.4) is 0 Å². The lowest BCUT2D eigenvalue weighted by molar-refractivity contribution is 0.000602. The second kappa shape index (κ2) is 5.24. The van der Waals surface area contributed by atoms with E-state index in [1.807, 2.05) is 0 Å². The molecule has 1 heterocycles. The number of benzene rings is 1. The molecule has 1 aromatic rings. The van der Waals surface area contributed by atoms with Crippen LogP contribution in [0.2, 0.25) is 0 Å². The molecule has 0 radical (unpaired) electrons. The fraction of sp³-hybridized carbons (Fsp3) is 0.571. The number of hydrogen-bond acceptors (Lipinski definition) is 3. The first-order chi connectivity index (χ1) is 8.57. The summed E-state index contributed by atoms with van der Waals surface area (Å²) in [5, 5.41) is 14.0. The van der Waals surface area contributed by atoms with Crippen molar-refractivity contribution >= 4 is 0 Å². The number of aliphatic hydroxyl groups is 1. The Morgan fingerprint density at radius 2 is 2.22 bits per heavy atom. The maximum Gasteiger partial charge on any atom is 0.133 e. The molecule has 1 fully saturated rings. The Morgan fingerprint density at radius 3 is 2.83 bits per heavy atom. The Kier molecular flexibility index (Phi) is 3.88. The molecule has 0 aromatic heterocycles. The van der Waals surface area contributed by atoms with Crippen LogP contribution in [0.5, 0.6) is 5.75 Å². The first-order valence-corrected chi connectivity index (χ1v) is 6.36. The molecule has 3 nitrogen and oxygen atoms in total. The van der Waals surface area contributed by atoms with E-state index < -0.39 is 11.4 Å². The summed E-state index contributed by atoms with van der Waals surface area (Å²) in [5.41, 5.74) is -1.02. The van der Waals surface area contributed by atoms with E-state index >= 15 is 0 Å². The van der Waals surface area contributed by atoms with Gasteiger partial charge >= 0.3 is 0 Å². The lowest BCUT2D eigenvalue weighted by atomic mass is 9.83. The van der Waals surface area contributed by atoms with Crippen molar-refractivity contribution in [3.8, 4) is 5.75 Å². The Bertz CT molecular complexity index is 414. The number of rotatable bonds is 3. The van der Waals surface area contributed by atoms with Gasteiger partial charge in [0.15, 0.2) is 0 Å². The molecule has 1 saturated heterocycles. The van der Waals surface area contributed by atoms with Crippen LogP contribution in [0.25, 0.3) is 0 Å². The molecule has 0 spiro atoms. The molecule has 18 heavy (non-hydrogen) atoms. The van der Waals surface area contributed by atoms with Gasteiger partial charge in [0.1, 0.15) is 17.2 Å². The van der Waals surface area contributed by atoms with Gasteiger partial charge in [0, 0.05) is 6.04 Å². The summed E-state index contributed by atoms with van der Waals surface area (Å²) in [5.74, 6) is -0.0286.